The van der Waals surface area contributed by atoms with Crippen LogP contribution in [0.2, 0.25) is 0 Å². The molecule has 0 aliphatic carbocycles. The molecule has 0 saturated carbocycles. The van der Waals surface area contributed by atoms with Gasteiger partial charge >= 0.3 is 0 Å². The molecular weight excluding hydrogens is 342 g/mol. The summed E-state index contributed by atoms with van der Waals surface area (Å²) in [6.45, 7) is 1.69. The molecule has 4 aromatic rings. The van der Waals surface area contributed by atoms with Crippen LogP contribution in [0.4, 0.5) is 0 Å². The van der Waals surface area contributed by atoms with E-state index in [0.29, 0.717) is 5.56 Å². The smallest absolute Gasteiger partial charge is 0.0998 e. The zero-order valence-corrected chi connectivity index (χ0v) is 15.8. The number of rotatable bonds is 5. The van der Waals surface area contributed by atoms with E-state index in [1.807, 2.05) is 36.5 Å². The number of pyridine rings is 1. The molecule has 3 heteroatoms. The number of fused-ring (bicyclic) bond motifs is 1. The molecule has 0 amide bonds. The number of aromatic nitrogens is 1. The molecule has 0 fully saturated rings. The first-order valence-corrected chi connectivity index (χ1v) is 9.34. The zero-order valence-electron chi connectivity index (χ0n) is 15.8. The van der Waals surface area contributed by atoms with Gasteiger partial charge in [0.25, 0.3) is 0 Å². The summed E-state index contributed by atoms with van der Waals surface area (Å²) >= 11 is 0. The van der Waals surface area contributed by atoms with Crippen molar-refractivity contribution in [2.24, 2.45) is 0 Å². The van der Waals surface area contributed by atoms with Crippen LogP contribution in [0.15, 0.2) is 85.1 Å². The summed E-state index contributed by atoms with van der Waals surface area (Å²) in [5.41, 5.74) is 6.30. The van der Waals surface area contributed by atoms with Crippen molar-refractivity contribution in [3.05, 3.63) is 102 Å². The third-order valence-electron chi connectivity index (χ3n) is 4.92. The van der Waals surface area contributed by atoms with E-state index in [1.54, 1.807) is 0 Å². The Kier molecular flexibility index (Phi) is 5.14. The van der Waals surface area contributed by atoms with Gasteiger partial charge in [-0.2, -0.15) is 5.26 Å². The van der Waals surface area contributed by atoms with Gasteiger partial charge in [-0.3, -0.25) is 9.88 Å². The van der Waals surface area contributed by atoms with E-state index in [-0.39, 0.29) is 0 Å². The molecule has 3 aromatic carbocycles. The Bertz CT molecular complexity index is 1140. The van der Waals surface area contributed by atoms with E-state index < -0.39 is 0 Å². The standard InChI is InChI=1S/C25H21N3/c1-28(18-23-8-4-7-21-9-5-15-27-25(21)23)17-19-11-13-20(14-12-19)24-10-3-2-6-22(24)16-26/h2-15H,17-18H2,1H3. The predicted octanol–water partition coefficient (Wildman–Crippen LogP) is 5.41. The van der Waals surface area contributed by atoms with Gasteiger partial charge in [-0.1, -0.05) is 66.7 Å². The summed E-state index contributed by atoms with van der Waals surface area (Å²) < 4.78 is 0. The first-order valence-electron chi connectivity index (χ1n) is 9.34. The van der Waals surface area contributed by atoms with Crippen molar-refractivity contribution in [3.63, 3.8) is 0 Å². The SMILES string of the molecule is CN(Cc1ccc(-c2ccccc2C#N)cc1)Cc1cccc2cccnc12. The third kappa shape index (κ3) is 3.78. The molecule has 3 nitrogen and oxygen atoms in total. The van der Waals surface area contributed by atoms with Crippen LogP contribution in [0.5, 0.6) is 0 Å². The number of benzene rings is 3. The van der Waals surface area contributed by atoms with E-state index in [1.165, 1.54) is 16.5 Å². The van der Waals surface area contributed by atoms with Crippen LogP contribution in [0, 0.1) is 11.3 Å². The predicted molar refractivity (Wildman–Crippen MR) is 114 cm³/mol. The largest absolute Gasteiger partial charge is 0.298 e. The molecule has 0 unspecified atom stereocenters. The summed E-state index contributed by atoms with van der Waals surface area (Å²) in [6, 6.07) is 28.9. The van der Waals surface area contributed by atoms with Crippen LogP contribution < -0.4 is 0 Å². The number of nitrogens with zero attached hydrogens (tertiary/aromatic N) is 3. The maximum absolute atomic E-state index is 9.31. The van der Waals surface area contributed by atoms with Crippen LogP contribution in [-0.2, 0) is 13.1 Å². The molecular formula is C25H21N3. The molecule has 0 N–H and O–H groups in total. The third-order valence-corrected chi connectivity index (χ3v) is 4.92. The number of nitriles is 1. The molecule has 0 aliphatic heterocycles. The van der Waals surface area contributed by atoms with E-state index in [9.17, 15) is 5.26 Å². The van der Waals surface area contributed by atoms with Gasteiger partial charge < -0.3 is 0 Å². The van der Waals surface area contributed by atoms with Crippen molar-refractivity contribution in [1.29, 1.82) is 5.26 Å². The maximum atomic E-state index is 9.31. The lowest BCUT2D eigenvalue weighted by atomic mass is 9.99. The summed E-state index contributed by atoms with van der Waals surface area (Å²) in [5.74, 6) is 0. The fourth-order valence-electron chi connectivity index (χ4n) is 3.58. The summed E-state index contributed by atoms with van der Waals surface area (Å²) in [7, 11) is 2.13. The van der Waals surface area contributed by atoms with Crippen molar-refractivity contribution in [1.82, 2.24) is 9.88 Å². The van der Waals surface area contributed by atoms with Gasteiger partial charge in [0, 0.05) is 24.7 Å². The summed E-state index contributed by atoms with van der Waals surface area (Å²) in [5, 5.41) is 10.5. The average molecular weight is 363 g/mol. The molecule has 0 bridgehead atoms. The van der Waals surface area contributed by atoms with Gasteiger partial charge in [0.1, 0.15) is 0 Å². The quantitative estimate of drug-likeness (QED) is 0.476. The van der Waals surface area contributed by atoms with Gasteiger partial charge in [-0.25, -0.2) is 0 Å². The van der Waals surface area contributed by atoms with Crippen LogP contribution in [0.25, 0.3) is 22.0 Å². The Hall–Kier alpha value is -3.48. The normalized spacial score (nSPS) is 10.9. The topological polar surface area (TPSA) is 39.9 Å². The minimum atomic E-state index is 0.704. The van der Waals surface area contributed by atoms with Gasteiger partial charge in [0.15, 0.2) is 0 Å². The van der Waals surface area contributed by atoms with E-state index in [2.05, 4.69) is 71.5 Å². The Balaban J connectivity index is 1.49. The zero-order chi connectivity index (χ0) is 19.3. The second-order valence-corrected chi connectivity index (χ2v) is 7.02. The van der Waals surface area contributed by atoms with Crippen molar-refractivity contribution < 1.29 is 0 Å². The minimum absolute atomic E-state index is 0.704. The van der Waals surface area contributed by atoms with E-state index in [0.717, 1.165) is 29.7 Å². The Morgan fingerprint density at radius 1 is 0.857 bits per heavy atom. The fraction of sp³-hybridized carbons (Fsp3) is 0.120. The molecule has 28 heavy (non-hydrogen) atoms. The summed E-state index contributed by atoms with van der Waals surface area (Å²) in [4.78, 5) is 6.84. The number of para-hydroxylation sites is 1. The first kappa shape index (κ1) is 17.9. The highest BCUT2D eigenvalue weighted by molar-refractivity contribution is 5.81. The second-order valence-electron chi connectivity index (χ2n) is 7.02. The molecule has 0 aliphatic rings. The first-order chi connectivity index (χ1) is 13.7. The molecule has 0 radical (unpaired) electrons. The highest BCUT2D eigenvalue weighted by Crippen LogP contribution is 2.24. The average Bonchev–Trinajstić information content (AvgIpc) is 2.74. The highest BCUT2D eigenvalue weighted by atomic mass is 15.1. The Labute approximate surface area is 165 Å². The van der Waals surface area contributed by atoms with E-state index in [4.69, 9.17) is 0 Å². The van der Waals surface area contributed by atoms with Gasteiger partial charge in [-0.05, 0) is 41.4 Å². The van der Waals surface area contributed by atoms with Crippen molar-refractivity contribution in [3.8, 4) is 17.2 Å². The molecule has 0 spiro atoms. The Morgan fingerprint density at radius 2 is 1.64 bits per heavy atom. The van der Waals surface area contributed by atoms with Gasteiger partial charge in [-0.15, -0.1) is 0 Å². The molecule has 136 valence electrons. The van der Waals surface area contributed by atoms with Crippen molar-refractivity contribution >= 4 is 10.9 Å². The molecule has 1 aromatic heterocycles. The Morgan fingerprint density at radius 3 is 2.46 bits per heavy atom. The molecule has 0 saturated heterocycles. The van der Waals surface area contributed by atoms with Crippen LogP contribution in [0.1, 0.15) is 16.7 Å². The monoisotopic (exact) mass is 363 g/mol. The van der Waals surface area contributed by atoms with Crippen LogP contribution in [0.3, 0.4) is 0 Å². The van der Waals surface area contributed by atoms with Crippen molar-refractivity contribution in [2.45, 2.75) is 13.1 Å². The van der Waals surface area contributed by atoms with Crippen LogP contribution >= 0.6 is 0 Å². The molecule has 0 atom stereocenters. The number of hydrogen-bond donors (Lipinski definition) is 0. The van der Waals surface area contributed by atoms with E-state index >= 15 is 0 Å². The lowest BCUT2D eigenvalue weighted by Gasteiger charge is -2.18. The van der Waals surface area contributed by atoms with Gasteiger partial charge in [0.05, 0.1) is 17.1 Å². The minimum Gasteiger partial charge on any atom is -0.298 e. The lowest BCUT2D eigenvalue weighted by molar-refractivity contribution is 0.320. The van der Waals surface area contributed by atoms with Crippen LogP contribution in [-0.4, -0.2) is 16.9 Å². The van der Waals surface area contributed by atoms with Crippen molar-refractivity contribution in [2.75, 3.05) is 7.05 Å². The highest BCUT2D eigenvalue weighted by Gasteiger charge is 2.08. The lowest BCUT2D eigenvalue weighted by Crippen LogP contribution is -2.17. The maximum Gasteiger partial charge on any atom is 0.0998 e. The molecule has 4 rings (SSSR count). The van der Waals surface area contributed by atoms with Gasteiger partial charge in [0.2, 0.25) is 0 Å². The summed E-state index contributed by atoms with van der Waals surface area (Å²) in [6.07, 6.45) is 1.85. The number of hydrogen-bond acceptors (Lipinski definition) is 3. The fourth-order valence-corrected chi connectivity index (χ4v) is 3.58. The second kappa shape index (κ2) is 8.04. The molecule has 1 heterocycles.